The van der Waals surface area contributed by atoms with Crippen LogP contribution in [0, 0.1) is 5.92 Å². The van der Waals surface area contributed by atoms with E-state index in [9.17, 15) is 9.59 Å². The van der Waals surface area contributed by atoms with Crippen LogP contribution in [0.25, 0.3) is 0 Å². The van der Waals surface area contributed by atoms with Crippen LogP contribution in [-0.4, -0.2) is 37.1 Å². The van der Waals surface area contributed by atoms with Gasteiger partial charge >= 0.3 is 5.97 Å². The molecule has 1 atom stereocenters. The summed E-state index contributed by atoms with van der Waals surface area (Å²) in [7, 11) is 3.83. The van der Waals surface area contributed by atoms with Crippen LogP contribution >= 0.6 is 0 Å². The number of hydrogen-bond acceptors (Lipinski definition) is 3. The molecular weight excluding hydrogens is 256 g/mol. The first-order valence-corrected chi connectivity index (χ1v) is 6.62. The van der Waals surface area contributed by atoms with E-state index in [0.717, 1.165) is 5.69 Å². The topological polar surface area (TPSA) is 69.6 Å². The molecule has 1 amide bonds. The highest BCUT2D eigenvalue weighted by atomic mass is 16.4. The molecule has 0 saturated carbocycles. The Morgan fingerprint density at radius 2 is 1.75 bits per heavy atom. The van der Waals surface area contributed by atoms with E-state index in [4.69, 9.17) is 5.11 Å². The quantitative estimate of drug-likeness (QED) is 0.835. The van der Waals surface area contributed by atoms with Gasteiger partial charge in [0.25, 0.3) is 5.91 Å². The van der Waals surface area contributed by atoms with Gasteiger partial charge in [-0.25, -0.2) is 4.79 Å². The molecule has 1 unspecified atom stereocenters. The first-order valence-electron chi connectivity index (χ1n) is 6.62. The molecule has 2 N–H and O–H groups in total. The molecule has 0 heterocycles. The third-order valence-corrected chi connectivity index (χ3v) is 2.96. The van der Waals surface area contributed by atoms with Gasteiger partial charge in [-0.3, -0.25) is 4.79 Å². The second-order valence-electron chi connectivity index (χ2n) is 5.44. The summed E-state index contributed by atoms with van der Waals surface area (Å²) in [5.41, 5.74) is 1.45. The second kappa shape index (κ2) is 6.93. The molecule has 5 nitrogen and oxygen atoms in total. The Morgan fingerprint density at radius 3 is 2.15 bits per heavy atom. The molecule has 0 radical (unpaired) electrons. The van der Waals surface area contributed by atoms with Crippen LogP contribution in [0.15, 0.2) is 24.3 Å². The van der Waals surface area contributed by atoms with Gasteiger partial charge in [-0.15, -0.1) is 0 Å². The van der Waals surface area contributed by atoms with Gasteiger partial charge in [-0.1, -0.05) is 13.8 Å². The molecule has 0 fully saturated rings. The Labute approximate surface area is 119 Å². The number of carboxylic acid groups (broad SMARTS) is 1. The Kier molecular flexibility index (Phi) is 5.55. The highest BCUT2D eigenvalue weighted by Gasteiger charge is 2.21. The van der Waals surface area contributed by atoms with Crippen molar-refractivity contribution in [3.05, 3.63) is 29.8 Å². The summed E-state index contributed by atoms with van der Waals surface area (Å²) in [6.07, 6.45) is 0.414. The minimum atomic E-state index is -1.00. The number of hydrogen-bond donors (Lipinski definition) is 2. The summed E-state index contributed by atoms with van der Waals surface area (Å²) >= 11 is 0. The Hall–Kier alpha value is -2.04. The summed E-state index contributed by atoms with van der Waals surface area (Å²) in [5, 5.41) is 11.7. The third kappa shape index (κ3) is 4.57. The van der Waals surface area contributed by atoms with Crippen LogP contribution < -0.4 is 10.2 Å². The van der Waals surface area contributed by atoms with E-state index in [0.29, 0.717) is 12.0 Å². The number of benzene rings is 1. The lowest BCUT2D eigenvalue weighted by Gasteiger charge is -2.17. The van der Waals surface area contributed by atoms with Gasteiger partial charge in [0, 0.05) is 25.3 Å². The number of nitrogens with one attached hydrogen (secondary N) is 1. The van der Waals surface area contributed by atoms with Crippen LogP contribution in [0.1, 0.15) is 30.6 Å². The maximum atomic E-state index is 12.0. The van der Waals surface area contributed by atoms with E-state index in [-0.39, 0.29) is 11.8 Å². The van der Waals surface area contributed by atoms with E-state index in [1.165, 1.54) is 0 Å². The molecule has 0 bridgehead atoms. The van der Waals surface area contributed by atoms with E-state index in [2.05, 4.69) is 5.32 Å². The second-order valence-corrected chi connectivity index (χ2v) is 5.44. The highest BCUT2D eigenvalue weighted by molar-refractivity contribution is 5.96. The molecule has 110 valence electrons. The van der Waals surface area contributed by atoms with Gasteiger partial charge in [0.2, 0.25) is 0 Å². The SMILES string of the molecule is CC(C)CC(NC(=O)c1ccc(N(C)C)cc1)C(=O)O. The Morgan fingerprint density at radius 1 is 1.20 bits per heavy atom. The van der Waals surface area contributed by atoms with Crippen molar-refractivity contribution in [1.29, 1.82) is 0 Å². The average Bonchev–Trinajstić information content (AvgIpc) is 2.37. The van der Waals surface area contributed by atoms with Crippen molar-refractivity contribution < 1.29 is 14.7 Å². The Bertz CT molecular complexity index is 467. The summed E-state index contributed by atoms with van der Waals surface area (Å²) in [4.78, 5) is 25.1. The van der Waals surface area contributed by atoms with E-state index in [1.54, 1.807) is 12.1 Å². The number of amides is 1. The fourth-order valence-electron chi connectivity index (χ4n) is 1.85. The first kappa shape index (κ1) is 16.0. The highest BCUT2D eigenvalue weighted by Crippen LogP contribution is 2.13. The van der Waals surface area contributed by atoms with Crippen LogP contribution in [-0.2, 0) is 4.79 Å². The maximum absolute atomic E-state index is 12.0. The number of anilines is 1. The zero-order chi connectivity index (χ0) is 15.3. The average molecular weight is 278 g/mol. The van der Waals surface area contributed by atoms with Crippen molar-refractivity contribution >= 4 is 17.6 Å². The smallest absolute Gasteiger partial charge is 0.326 e. The van der Waals surface area contributed by atoms with Gasteiger partial charge in [0.1, 0.15) is 6.04 Å². The molecular formula is C15H22N2O3. The van der Waals surface area contributed by atoms with Crippen molar-refractivity contribution in [1.82, 2.24) is 5.32 Å². The lowest BCUT2D eigenvalue weighted by atomic mass is 10.0. The molecule has 1 rings (SSSR count). The van der Waals surface area contributed by atoms with Gasteiger partial charge in [0.05, 0.1) is 0 Å². The fraction of sp³-hybridized carbons (Fsp3) is 0.467. The molecule has 1 aromatic carbocycles. The van der Waals surface area contributed by atoms with E-state index in [1.807, 2.05) is 45.0 Å². The summed E-state index contributed by atoms with van der Waals surface area (Å²) in [6.45, 7) is 3.85. The molecule has 0 aliphatic heterocycles. The largest absolute Gasteiger partial charge is 0.480 e. The van der Waals surface area contributed by atoms with E-state index < -0.39 is 12.0 Å². The van der Waals surface area contributed by atoms with Gasteiger partial charge < -0.3 is 15.3 Å². The molecule has 0 aliphatic carbocycles. The van der Waals surface area contributed by atoms with Crippen LogP contribution in [0.2, 0.25) is 0 Å². The van der Waals surface area contributed by atoms with E-state index >= 15 is 0 Å². The van der Waals surface area contributed by atoms with Crippen LogP contribution in [0.4, 0.5) is 5.69 Å². The van der Waals surface area contributed by atoms with Gasteiger partial charge in [0.15, 0.2) is 0 Å². The van der Waals surface area contributed by atoms with Crippen molar-refractivity contribution in [3.8, 4) is 0 Å². The number of carbonyl (C=O) groups excluding carboxylic acids is 1. The maximum Gasteiger partial charge on any atom is 0.326 e. The predicted octanol–water partition coefficient (Wildman–Crippen LogP) is 1.98. The zero-order valence-electron chi connectivity index (χ0n) is 12.4. The first-order chi connectivity index (χ1) is 9.31. The van der Waals surface area contributed by atoms with Crippen molar-refractivity contribution in [2.75, 3.05) is 19.0 Å². The molecule has 0 aliphatic rings. The number of rotatable bonds is 6. The fourth-order valence-corrected chi connectivity index (χ4v) is 1.85. The molecule has 0 saturated heterocycles. The molecule has 1 aromatic rings. The van der Waals surface area contributed by atoms with Crippen molar-refractivity contribution in [2.45, 2.75) is 26.3 Å². The van der Waals surface area contributed by atoms with Crippen molar-refractivity contribution in [3.63, 3.8) is 0 Å². The number of carboxylic acids is 1. The van der Waals surface area contributed by atoms with Gasteiger partial charge in [-0.2, -0.15) is 0 Å². The van der Waals surface area contributed by atoms with Gasteiger partial charge in [-0.05, 0) is 36.6 Å². The summed E-state index contributed by atoms with van der Waals surface area (Å²) in [6, 6.07) is 6.19. The molecule has 0 spiro atoms. The zero-order valence-corrected chi connectivity index (χ0v) is 12.4. The normalized spacial score (nSPS) is 12.1. The molecule has 5 heteroatoms. The minimum absolute atomic E-state index is 0.201. The van der Waals surface area contributed by atoms with Crippen molar-refractivity contribution in [2.24, 2.45) is 5.92 Å². The summed E-state index contributed by atoms with van der Waals surface area (Å²) < 4.78 is 0. The Balaban J connectivity index is 2.76. The number of nitrogens with zero attached hydrogens (tertiary/aromatic N) is 1. The van der Waals surface area contributed by atoms with Crippen LogP contribution in [0.3, 0.4) is 0 Å². The number of carbonyl (C=O) groups is 2. The standard InChI is InChI=1S/C15H22N2O3/c1-10(2)9-13(15(19)20)16-14(18)11-5-7-12(8-6-11)17(3)4/h5-8,10,13H,9H2,1-4H3,(H,16,18)(H,19,20). The third-order valence-electron chi connectivity index (χ3n) is 2.96. The number of aliphatic carboxylic acids is 1. The lowest BCUT2D eigenvalue weighted by molar-refractivity contribution is -0.139. The predicted molar refractivity (Wildman–Crippen MR) is 79.1 cm³/mol. The minimum Gasteiger partial charge on any atom is -0.480 e. The van der Waals surface area contributed by atoms with Crippen LogP contribution in [0.5, 0.6) is 0 Å². The lowest BCUT2D eigenvalue weighted by Crippen LogP contribution is -2.41. The molecule has 20 heavy (non-hydrogen) atoms. The monoisotopic (exact) mass is 278 g/mol. The molecule has 0 aromatic heterocycles. The summed E-state index contributed by atoms with van der Waals surface area (Å²) in [5.74, 6) is -1.16.